The molecule has 1 amide bonds. The summed E-state index contributed by atoms with van der Waals surface area (Å²) >= 11 is 0. The second kappa shape index (κ2) is 12.8. The Kier molecular flexibility index (Phi) is 9.78. The van der Waals surface area contributed by atoms with E-state index in [9.17, 15) is 22.8 Å². The molecule has 8 heteroatoms. The van der Waals surface area contributed by atoms with E-state index in [0.29, 0.717) is 17.9 Å². The number of rotatable bonds is 11. The van der Waals surface area contributed by atoms with Crippen LogP contribution >= 0.6 is 0 Å². The molecule has 0 spiro atoms. The summed E-state index contributed by atoms with van der Waals surface area (Å²) in [6, 6.07) is 16.3. The third-order valence-electron chi connectivity index (χ3n) is 6.87. The Morgan fingerprint density at radius 1 is 0.974 bits per heavy atom. The molecule has 0 radical (unpaired) electrons. The van der Waals surface area contributed by atoms with Crippen molar-refractivity contribution in [1.29, 1.82) is 0 Å². The van der Waals surface area contributed by atoms with Gasteiger partial charge in [0.05, 0.1) is 18.6 Å². The summed E-state index contributed by atoms with van der Waals surface area (Å²) in [6.45, 7) is 8.59. The van der Waals surface area contributed by atoms with E-state index in [1.807, 2.05) is 38.1 Å². The second-order valence-corrected chi connectivity index (χ2v) is 9.83. The van der Waals surface area contributed by atoms with Crippen molar-refractivity contribution in [2.45, 2.75) is 52.6 Å². The van der Waals surface area contributed by atoms with Gasteiger partial charge in [0.2, 0.25) is 0 Å². The smallest absolute Gasteiger partial charge is 0.416 e. The van der Waals surface area contributed by atoms with Gasteiger partial charge in [-0.2, -0.15) is 13.2 Å². The summed E-state index contributed by atoms with van der Waals surface area (Å²) in [5.74, 6) is -0.204. The highest BCUT2D eigenvalue weighted by Crippen LogP contribution is 2.35. The molecule has 208 valence electrons. The Balaban J connectivity index is 1.65. The fourth-order valence-corrected chi connectivity index (χ4v) is 4.87. The Bertz CT molecular complexity index is 1260. The van der Waals surface area contributed by atoms with E-state index >= 15 is 0 Å². The normalized spacial score (nSPS) is 13.0. The van der Waals surface area contributed by atoms with Crippen LogP contribution in [-0.4, -0.2) is 30.1 Å². The zero-order chi connectivity index (χ0) is 28.7. The molecule has 2 atom stereocenters. The first-order valence-electron chi connectivity index (χ1n) is 12.9. The van der Waals surface area contributed by atoms with Crippen LogP contribution in [-0.2, 0) is 11.0 Å². The van der Waals surface area contributed by atoms with Crippen LogP contribution < -0.4 is 10.1 Å². The van der Waals surface area contributed by atoms with Crippen LogP contribution in [0.2, 0.25) is 0 Å². The summed E-state index contributed by atoms with van der Waals surface area (Å²) in [4.78, 5) is 22.9. The predicted molar refractivity (Wildman–Crippen MR) is 145 cm³/mol. The molecule has 3 aromatic rings. The maximum Gasteiger partial charge on any atom is 0.416 e. The van der Waals surface area contributed by atoms with E-state index < -0.39 is 17.7 Å². The molecule has 0 aliphatic carbocycles. The number of aliphatic carboxylic acids is 1. The van der Waals surface area contributed by atoms with Gasteiger partial charge in [0.15, 0.2) is 0 Å². The van der Waals surface area contributed by atoms with Crippen LogP contribution in [0.4, 0.5) is 13.2 Å². The molecule has 3 aromatic carbocycles. The van der Waals surface area contributed by atoms with E-state index in [0.717, 1.165) is 46.4 Å². The lowest BCUT2D eigenvalue weighted by atomic mass is 9.85. The van der Waals surface area contributed by atoms with Crippen molar-refractivity contribution in [1.82, 2.24) is 5.32 Å². The molecule has 5 nitrogen and oxygen atoms in total. The number of halogens is 3. The van der Waals surface area contributed by atoms with Crippen molar-refractivity contribution in [2.75, 3.05) is 13.2 Å². The minimum atomic E-state index is -4.37. The Hall–Kier alpha value is -3.81. The molecule has 0 fully saturated rings. The first kappa shape index (κ1) is 29.7. The van der Waals surface area contributed by atoms with E-state index in [2.05, 4.69) is 19.2 Å². The molecule has 2 unspecified atom stereocenters. The lowest BCUT2D eigenvalue weighted by Crippen LogP contribution is -2.26. The van der Waals surface area contributed by atoms with Crippen LogP contribution in [0.3, 0.4) is 0 Å². The average molecular weight is 542 g/mol. The Morgan fingerprint density at radius 2 is 1.56 bits per heavy atom. The topological polar surface area (TPSA) is 75.6 Å². The first-order chi connectivity index (χ1) is 18.4. The SMILES string of the molecule is CCC(c1ccc(C(=O)NCCC(=O)O)cc1)C(C)COc1cc(C)c(-c2ccc(C(F)(F)F)cc2)c(C)c1. The summed E-state index contributed by atoms with van der Waals surface area (Å²) in [7, 11) is 0. The Morgan fingerprint density at radius 3 is 2.08 bits per heavy atom. The Labute approximate surface area is 227 Å². The van der Waals surface area contributed by atoms with Crippen LogP contribution in [0.25, 0.3) is 11.1 Å². The highest BCUT2D eigenvalue weighted by molar-refractivity contribution is 5.94. The molecule has 0 aliphatic heterocycles. The van der Waals surface area contributed by atoms with Gasteiger partial charge < -0.3 is 15.2 Å². The van der Waals surface area contributed by atoms with E-state index in [-0.39, 0.29) is 30.7 Å². The number of carboxylic acids is 1. The summed E-state index contributed by atoms with van der Waals surface area (Å²) < 4.78 is 45.0. The standard InChI is InChI=1S/C31H34F3NO4/c1-5-27(22-6-8-24(9-7-22)30(38)35-15-14-28(36)37)21(4)18-39-26-16-19(2)29(20(3)17-26)23-10-12-25(13-11-23)31(32,33)34/h6-13,16-17,21,27H,5,14-15,18H2,1-4H3,(H,35,38)(H,36,37). The van der Waals surface area contributed by atoms with Crippen LogP contribution in [0.1, 0.15) is 65.2 Å². The third kappa shape index (κ3) is 7.85. The molecular weight excluding hydrogens is 507 g/mol. The number of alkyl halides is 3. The van der Waals surface area contributed by atoms with Gasteiger partial charge in [-0.05, 0) is 96.3 Å². The zero-order valence-electron chi connectivity index (χ0n) is 22.6. The van der Waals surface area contributed by atoms with Gasteiger partial charge in [0.25, 0.3) is 5.91 Å². The number of hydrogen-bond acceptors (Lipinski definition) is 3. The largest absolute Gasteiger partial charge is 0.493 e. The summed E-state index contributed by atoms with van der Waals surface area (Å²) in [6.07, 6.45) is -3.62. The molecule has 0 heterocycles. The van der Waals surface area contributed by atoms with E-state index in [4.69, 9.17) is 9.84 Å². The van der Waals surface area contributed by atoms with Crippen LogP contribution in [0.5, 0.6) is 5.75 Å². The molecule has 0 saturated heterocycles. The zero-order valence-corrected chi connectivity index (χ0v) is 22.6. The lowest BCUT2D eigenvalue weighted by Gasteiger charge is -2.24. The monoisotopic (exact) mass is 541 g/mol. The molecule has 0 aromatic heterocycles. The molecule has 3 rings (SSSR count). The van der Waals surface area contributed by atoms with Gasteiger partial charge in [-0.25, -0.2) is 0 Å². The van der Waals surface area contributed by atoms with Crippen molar-refractivity contribution in [3.05, 3.63) is 88.5 Å². The number of carbonyl (C=O) groups is 2. The van der Waals surface area contributed by atoms with Crippen molar-refractivity contribution in [3.63, 3.8) is 0 Å². The number of benzene rings is 3. The number of nitrogens with one attached hydrogen (secondary N) is 1. The molecule has 0 saturated carbocycles. The number of ether oxygens (including phenoxy) is 1. The molecule has 0 bridgehead atoms. The second-order valence-electron chi connectivity index (χ2n) is 9.83. The number of aryl methyl sites for hydroxylation is 2. The fraction of sp³-hybridized carbons (Fsp3) is 0.355. The minimum absolute atomic E-state index is 0.0755. The fourth-order valence-electron chi connectivity index (χ4n) is 4.87. The maximum atomic E-state index is 12.9. The highest BCUT2D eigenvalue weighted by atomic mass is 19.4. The third-order valence-corrected chi connectivity index (χ3v) is 6.87. The van der Waals surface area contributed by atoms with Gasteiger partial charge in [0.1, 0.15) is 5.75 Å². The van der Waals surface area contributed by atoms with Crippen molar-refractivity contribution in [3.8, 4) is 16.9 Å². The maximum absolute atomic E-state index is 12.9. The molecular formula is C31H34F3NO4. The predicted octanol–water partition coefficient (Wildman–Crippen LogP) is 7.40. The van der Waals surface area contributed by atoms with Crippen molar-refractivity contribution in [2.24, 2.45) is 5.92 Å². The van der Waals surface area contributed by atoms with Crippen LogP contribution in [0, 0.1) is 19.8 Å². The number of carbonyl (C=O) groups excluding carboxylic acids is 1. The quantitative estimate of drug-likeness (QED) is 0.265. The number of amides is 1. The average Bonchev–Trinajstić information content (AvgIpc) is 2.87. The van der Waals surface area contributed by atoms with E-state index in [1.165, 1.54) is 12.1 Å². The first-order valence-corrected chi connectivity index (χ1v) is 12.9. The molecule has 39 heavy (non-hydrogen) atoms. The van der Waals surface area contributed by atoms with Crippen LogP contribution in [0.15, 0.2) is 60.7 Å². The summed E-state index contributed by atoms with van der Waals surface area (Å²) in [5.41, 5.74) is 4.34. The summed E-state index contributed by atoms with van der Waals surface area (Å²) in [5, 5.41) is 11.3. The van der Waals surface area contributed by atoms with Gasteiger partial charge >= 0.3 is 12.1 Å². The van der Waals surface area contributed by atoms with E-state index in [1.54, 1.807) is 12.1 Å². The van der Waals surface area contributed by atoms with Crippen molar-refractivity contribution < 1.29 is 32.6 Å². The van der Waals surface area contributed by atoms with Gasteiger partial charge in [-0.1, -0.05) is 38.1 Å². The van der Waals surface area contributed by atoms with Gasteiger partial charge in [-0.3, -0.25) is 9.59 Å². The number of carboxylic acid groups (broad SMARTS) is 1. The van der Waals surface area contributed by atoms with Gasteiger partial charge in [0, 0.05) is 12.1 Å². The van der Waals surface area contributed by atoms with Gasteiger partial charge in [-0.15, -0.1) is 0 Å². The lowest BCUT2D eigenvalue weighted by molar-refractivity contribution is -0.138. The minimum Gasteiger partial charge on any atom is -0.493 e. The molecule has 0 aliphatic rings. The number of hydrogen-bond donors (Lipinski definition) is 2. The molecule has 2 N–H and O–H groups in total. The van der Waals surface area contributed by atoms with Crippen molar-refractivity contribution >= 4 is 11.9 Å². The highest BCUT2D eigenvalue weighted by Gasteiger charge is 2.30.